The molecule has 3 rings (SSSR count). The van der Waals surface area contributed by atoms with Gasteiger partial charge in [0.25, 0.3) is 5.91 Å². The molecule has 0 spiro atoms. The van der Waals surface area contributed by atoms with Gasteiger partial charge < -0.3 is 18.9 Å². The summed E-state index contributed by atoms with van der Waals surface area (Å²) in [4.78, 5) is 35.4. The van der Waals surface area contributed by atoms with Crippen LogP contribution in [-0.4, -0.2) is 42.8 Å². The molecule has 1 N–H and O–H groups in total. The fraction of sp³-hybridized carbons (Fsp3) is 0.222. The molecule has 3 aromatic carbocycles. The molecule has 0 aliphatic rings. The smallest absolute Gasteiger partial charge is 0.343 e. The molecule has 11 nitrogen and oxygen atoms in total. The average molecular weight is 522 g/mol. The number of nitro groups is 1. The van der Waals surface area contributed by atoms with Gasteiger partial charge in [0.15, 0.2) is 23.4 Å². The van der Waals surface area contributed by atoms with E-state index < -0.39 is 22.9 Å². The number of nitrogens with one attached hydrogen (secondary N) is 1. The van der Waals surface area contributed by atoms with E-state index in [0.717, 1.165) is 6.42 Å². The highest BCUT2D eigenvalue weighted by atomic mass is 16.6. The van der Waals surface area contributed by atoms with Gasteiger partial charge in [-0.15, -0.1) is 0 Å². The fourth-order valence-electron chi connectivity index (χ4n) is 3.13. The Bertz CT molecular complexity index is 1310. The van der Waals surface area contributed by atoms with Crippen molar-refractivity contribution in [3.8, 4) is 23.0 Å². The van der Waals surface area contributed by atoms with Crippen molar-refractivity contribution >= 4 is 23.8 Å². The second-order valence-corrected chi connectivity index (χ2v) is 7.89. The van der Waals surface area contributed by atoms with E-state index in [2.05, 4.69) is 10.5 Å². The van der Waals surface area contributed by atoms with Crippen LogP contribution in [0.2, 0.25) is 0 Å². The van der Waals surface area contributed by atoms with Crippen LogP contribution in [0.25, 0.3) is 0 Å². The number of nitro benzene ring substituents is 1. The first-order valence-corrected chi connectivity index (χ1v) is 11.7. The van der Waals surface area contributed by atoms with Crippen molar-refractivity contribution < 1.29 is 33.5 Å². The number of hydrogen-bond donors (Lipinski definition) is 1. The molecule has 0 aromatic heterocycles. The molecular weight excluding hydrogens is 494 g/mol. The minimum absolute atomic E-state index is 0.0280. The number of ether oxygens (including phenoxy) is 4. The molecule has 1 atom stereocenters. The maximum atomic E-state index is 12.6. The van der Waals surface area contributed by atoms with Crippen molar-refractivity contribution in [1.82, 2.24) is 5.43 Å². The molecule has 0 aliphatic heterocycles. The molecule has 0 heterocycles. The number of carbonyl (C=O) groups is 2. The Morgan fingerprint density at radius 2 is 1.79 bits per heavy atom. The SMILES string of the molecule is CCCOc1ccc(C(=O)Oc2ccc(/C=N\NC(=O)[C@@H](C)Oc3ccccc3[N+](=O)[O-])cc2OC)cc1. The molecule has 0 radical (unpaired) electrons. The molecule has 0 unspecified atom stereocenters. The number of benzene rings is 3. The van der Waals surface area contributed by atoms with Gasteiger partial charge >= 0.3 is 11.7 Å². The molecular formula is C27H27N3O8. The number of nitrogens with zero attached hydrogens (tertiary/aromatic N) is 2. The molecule has 198 valence electrons. The van der Waals surface area contributed by atoms with E-state index >= 15 is 0 Å². The average Bonchev–Trinajstić information content (AvgIpc) is 2.92. The Kier molecular flexibility index (Phi) is 9.75. The lowest BCUT2D eigenvalue weighted by atomic mass is 10.2. The zero-order chi connectivity index (χ0) is 27.5. The van der Waals surface area contributed by atoms with Crippen LogP contribution >= 0.6 is 0 Å². The number of amides is 1. The maximum Gasteiger partial charge on any atom is 0.343 e. The van der Waals surface area contributed by atoms with Gasteiger partial charge in [0, 0.05) is 6.07 Å². The highest BCUT2D eigenvalue weighted by Crippen LogP contribution is 2.29. The molecule has 38 heavy (non-hydrogen) atoms. The van der Waals surface area contributed by atoms with Crippen LogP contribution in [0, 0.1) is 10.1 Å². The second kappa shape index (κ2) is 13.4. The summed E-state index contributed by atoms with van der Waals surface area (Å²) < 4.78 is 21.7. The lowest BCUT2D eigenvalue weighted by Crippen LogP contribution is -2.33. The van der Waals surface area contributed by atoms with Crippen molar-refractivity contribution in [3.63, 3.8) is 0 Å². The van der Waals surface area contributed by atoms with Gasteiger partial charge in [-0.1, -0.05) is 19.1 Å². The molecule has 0 bridgehead atoms. The lowest BCUT2D eigenvalue weighted by molar-refractivity contribution is -0.386. The fourth-order valence-corrected chi connectivity index (χ4v) is 3.13. The molecule has 3 aromatic rings. The maximum absolute atomic E-state index is 12.6. The molecule has 0 saturated carbocycles. The zero-order valence-electron chi connectivity index (χ0n) is 21.1. The Morgan fingerprint density at radius 3 is 2.47 bits per heavy atom. The third kappa shape index (κ3) is 7.53. The Morgan fingerprint density at radius 1 is 1.05 bits per heavy atom. The summed E-state index contributed by atoms with van der Waals surface area (Å²) >= 11 is 0. The van der Waals surface area contributed by atoms with Crippen LogP contribution in [0.4, 0.5) is 5.69 Å². The van der Waals surface area contributed by atoms with E-state index in [4.69, 9.17) is 18.9 Å². The lowest BCUT2D eigenvalue weighted by Gasteiger charge is -2.13. The first kappa shape index (κ1) is 27.7. The predicted octanol–water partition coefficient (Wildman–Crippen LogP) is 4.53. The third-order valence-electron chi connectivity index (χ3n) is 5.08. The third-order valence-corrected chi connectivity index (χ3v) is 5.08. The number of para-hydroxylation sites is 2. The number of esters is 1. The van der Waals surface area contributed by atoms with Crippen molar-refractivity contribution in [2.75, 3.05) is 13.7 Å². The number of rotatable bonds is 12. The summed E-state index contributed by atoms with van der Waals surface area (Å²) in [6.45, 7) is 4.04. The Hall–Kier alpha value is -4.93. The summed E-state index contributed by atoms with van der Waals surface area (Å²) in [5.74, 6) is -0.0467. The normalized spacial score (nSPS) is 11.4. The zero-order valence-corrected chi connectivity index (χ0v) is 21.1. The molecule has 11 heteroatoms. The number of carbonyl (C=O) groups excluding carboxylic acids is 2. The summed E-state index contributed by atoms with van der Waals surface area (Å²) in [5.41, 5.74) is 2.97. The molecule has 1 amide bonds. The highest BCUT2D eigenvalue weighted by molar-refractivity contribution is 5.92. The van der Waals surface area contributed by atoms with Gasteiger partial charge in [0.2, 0.25) is 0 Å². The summed E-state index contributed by atoms with van der Waals surface area (Å²) in [6.07, 6.45) is 1.20. The van der Waals surface area contributed by atoms with Crippen molar-refractivity contribution in [2.45, 2.75) is 26.4 Å². The van der Waals surface area contributed by atoms with Crippen LogP contribution in [-0.2, 0) is 4.79 Å². The number of hydrazone groups is 1. The summed E-state index contributed by atoms with van der Waals surface area (Å²) in [5, 5.41) is 15.0. The van der Waals surface area contributed by atoms with E-state index in [-0.39, 0.29) is 22.9 Å². The number of methoxy groups -OCH3 is 1. The Balaban J connectivity index is 1.59. The minimum Gasteiger partial charge on any atom is -0.494 e. The van der Waals surface area contributed by atoms with Gasteiger partial charge in [0.05, 0.1) is 30.4 Å². The van der Waals surface area contributed by atoms with Crippen molar-refractivity contribution in [3.05, 3.63) is 88.0 Å². The largest absolute Gasteiger partial charge is 0.494 e. The van der Waals surface area contributed by atoms with E-state index in [1.165, 1.54) is 38.4 Å². The first-order chi connectivity index (χ1) is 18.3. The van der Waals surface area contributed by atoms with Crippen molar-refractivity contribution in [1.29, 1.82) is 0 Å². The topological polar surface area (TPSA) is 139 Å². The van der Waals surface area contributed by atoms with Gasteiger partial charge in [-0.25, -0.2) is 10.2 Å². The van der Waals surface area contributed by atoms with Crippen LogP contribution in [0.3, 0.4) is 0 Å². The molecule has 0 fully saturated rings. The van der Waals surface area contributed by atoms with Gasteiger partial charge in [0.1, 0.15) is 5.75 Å². The second-order valence-electron chi connectivity index (χ2n) is 7.89. The van der Waals surface area contributed by atoms with E-state index in [1.807, 2.05) is 6.92 Å². The van der Waals surface area contributed by atoms with E-state index in [1.54, 1.807) is 48.5 Å². The van der Waals surface area contributed by atoms with Crippen molar-refractivity contribution in [2.24, 2.45) is 5.10 Å². The van der Waals surface area contributed by atoms with E-state index in [9.17, 15) is 19.7 Å². The quantitative estimate of drug-likeness (QED) is 0.121. The van der Waals surface area contributed by atoms with Crippen LogP contribution in [0.15, 0.2) is 71.8 Å². The Labute approximate surface area is 219 Å². The van der Waals surface area contributed by atoms with Crippen LogP contribution in [0.5, 0.6) is 23.0 Å². The summed E-state index contributed by atoms with van der Waals surface area (Å²) in [7, 11) is 1.43. The summed E-state index contributed by atoms with van der Waals surface area (Å²) in [6, 6.07) is 17.1. The van der Waals surface area contributed by atoms with Crippen LogP contribution in [0.1, 0.15) is 36.2 Å². The number of hydrogen-bond acceptors (Lipinski definition) is 9. The highest BCUT2D eigenvalue weighted by Gasteiger charge is 2.20. The standard InChI is InChI=1S/C27H27N3O8/c1-4-15-36-21-12-10-20(11-13-21)27(32)38-24-14-9-19(16-25(24)35-3)17-28-29-26(31)18(2)37-23-8-6-5-7-22(23)30(33)34/h5-14,16-18H,4,15H2,1-3H3,(H,29,31)/b28-17-/t18-/m1/s1. The van der Waals surface area contributed by atoms with E-state index in [0.29, 0.717) is 23.5 Å². The minimum atomic E-state index is -1.04. The molecule has 0 aliphatic carbocycles. The van der Waals surface area contributed by atoms with Crippen LogP contribution < -0.4 is 24.4 Å². The van der Waals surface area contributed by atoms with Gasteiger partial charge in [-0.05, 0) is 67.4 Å². The monoisotopic (exact) mass is 521 g/mol. The van der Waals surface area contributed by atoms with Gasteiger partial charge in [-0.2, -0.15) is 5.10 Å². The molecule has 0 saturated heterocycles. The predicted molar refractivity (Wildman–Crippen MR) is 139 cm³/mol. The van der Waals surface area contributed by atoms with Gasteiger partial charge in [-0.3, -0.25) is 14.9 Å². The first-order valence-electron chi connectivity index (χ1n) is 11.7.